The molecule has 3 heterocycles. The van der Waals surface area contributed by atoms with E-state index in [1.165, 1.54) is 6.42 Å². The molecule has 1 aliphatic rings. The van der Waals surface area contributed by atoms with Gasteiger partial charge in [0.05, 0.1) is 11.8 Å². The molecule has 2 unspecified atom stereocenters. The second-order valence-electron chi connectivity index (χ2n) is 4.82. The van der Waals surface area contributed by atoms with Crippen molar-refractivity contribution in [3.8, 4) is 0 Å². The van der Waals surface area contributed by atoms with Crippen LogP contribution in [0.2, 0.25) is 0 Å². The summed E-state index contributed by atoms with van der Waals surface area (Å²) in [5.74, 6) is 0.665. The average molecular weight is 265 g/mol. The van der Waals surface area contributed by atoms with Crippen molar-refractivity contribution in [1.29, 1.82) is 0 Å². The summed E-state index contributed by atoms with van der Waals surface area (Å²) in [5.41, 5.74) is 1.12. The zero-order valence-corrected chi connectivity index (χ0v) is 11.4. The molecule has 0 amide bonds. The minimum absolute atomic E-state index is 0.447. The molecule has 1 saturated heterocycles. The van der Waals surface area contributed by atoms with Gasteiger partial charge in [-0.3, -0.25) is 4.40 Å². The SMILES string of the molecule is CCC1OCCC1CNCc1cn2ccsc2n1. The number of nitrogens with zero attached hydrogens (tertiary/aromatic N) is 2. The summed E-state index contributed by atoms with van der Waals surface area (Å²) >= 11 is 1.68. The van der Waals surface area contributed by atoms with Gasteiger partial charge in [0.25, 0.3) is 0 Å². The number of ether oxygens (including phenoxy) is 1. The highest BCUT2D eigenvalue weighted by Crippen LogP contribution is 2.22. The van der Waals surface area contributed by atoms with Crippen LogP contribution in [0.25, 0.3) is 4.96 Å². The highest BCUT2D eigenvalue weighted by atomic mass is 32.1. The first-order chi connectivity index (χ1) is 8.86. The fourth-order valence-electron chi connectivity index (χ4n) is 2.62. The van der Waals surface area contributed by atoms with Crippen LogP contribution in [0.4, 0.5) is 0 Å². The van der Waals surface area contributed by atoms with Crippen molar-refractivity contribution in [2.75, 3.05) is 13.2 Å². The molecule has 4 nitrogen and oxygen atoms in total. The first-order valence-electron chi connectivity index (χ1n) is 6.60. The van der Waals surface area contributed by atoms with Gasteiger partial charge in [-0.25, -0.2) is 4.98 Å². The lowest BCUT2D eigenvalue weighted by atomic mass is 10.00. The standard InChI is InChI=1S/C13H19N3OS/c1-2-12-10(3-5-17-12)7-14-8-11-9-16-4-6-18-13(16)15-11/h4,6,9-10,12,14H,2-3,5,7-8H2,1H3. The van der Waals surface area contributed by atoms with E-state index in [0.29, 0.717) is 12.0 Å². The molecule has 1 aliphatic heterocycles. The van der Waals surface area contributed by atoms with Crippen LogP contribution in [0.3, 0.4) is 0 Å². The minimum Gasteiger partial charge on any atom is -0.378 e. The van der Waals surface area contributed by atoms with Crippen LogP contribution in [0.5, 0.6) is 0 Å². The number of thiazole rings is 1. The summed E-state index contributed by atoms with van der Waals surface area (Å²) in [6, 6.07) is 0. The lowest BCUT2D eigenvalue weighted by Gasteiger charge is -2.16. The second kappa shape index (κ2) is 5.38. The van der Waals surface area contributed by atoms with Crippen molar-refractivity contribution in [3.63, 3.8) is 0 Å². The molecule has 98 valence electrons. The molecule has 0 bridgehead atoms. The van der Waals surface area contributed by atoms with Gasteiger partial charge in [0, 0.05) is 37.5 Å². The van der Waals surface area contributed by atoms with Gasteiger partial charge in [0.1, 0.15) is 0 Å². The van der Waals surface area contributed by atoms with E-state index in [4.69, 9.17) is 4.74 Å². The monoisotopic (exact) mass is 265 g/mol. The maximum absolute atomic E-state index is 5.70. The average Bonchev–Trinajstić information content (AvgIpc) is 3.02. The summed E-state index contributed by atoms with van der Waals surface area (Å²) in [4.78, 5) is 5.64. The second-order valence-corrected chi connectivity index (χ2v) is 5.70. The molecule has 2 aromatic heterocycles. The van der Waals surface area contributed by atoms with Gasteiger partial charge in [-0.15, -0.1) is 11.3 Å². The van der Waals surface area contributed by atoms with Crippen molar-refractivity contribution >= 4 is 16.3 Å². The van der Waals surface area contributed by atoms with Gasteiger partial charge in [-0.05, 0) is 18.8 Å². The maximum Gasteiger partial charge on any atom is 0.193 e. The number of fused-ring (bicyclic) bond motifs is 1. The van der Waals surface area contributed by atoms with Crippen LogP contribution >= 0.6 is 11.3 Å². The number of rotatable bonds is 5. The lowest BCUT2D eigenvalue weighted by Crippen LogP contribution is -2.28. The predicted octanol–water partition coefficient (Wildman–Crippen LogP) is 2.30. The summed E-state index contributed by atoms with van der Waals surface area (Å²) in [7, 11) is 0. The summed E-state index contributed by atoms with van der Waals surface area (Å²) in [5, 5.41) is 5.56. The maximum atomic E-state index is 5.70. The van der Waals surface area contributed by atoms with E-state index >= 15 is 0 Å². The molecule has 0 aromatic carbocycles. The van der Waals surface area contributed by atoms with Crippen LogP contribution in [0.1, 0.15) is 25.5 Å². The predicted molar refractivity (Wildman–Crippen MR) is 72.9 cm³/mol. The molecular weight excluding hydrogens is 246 g/mol. The quantitative estimate of drug-likeness (QED) is 0.901. The van der Waals surface area contributed by atoms with Gasteiger partial charge in [-0.1, -0.05) is 6.92 Å². The number of aromatic nitrogens is 2. The number of imidazole rings is 1. The molecule has 18 heavy (non-hydrogen) atoms. The van der Waals surface area contributed by atoms with Crippen LogP contribution < -0.4 is 5.32 Å². The van der Waals surface area contributed by atoms with Crippen LogP contribution in [-0.4, -0.2) is 28.6 Å². The Kier molecular flexibility index (Phi) is 3.63. The van der Waals surface area contributed by atoms with Gasteiger partial charge in [0.2, 0.25) is 0 Å². The molecule has 0 radical (unpaired) electrons. The summed E-state index contributed by atoms with van der Waals surface area (Å²) < 4.78 is 7.77. The molecule has 1 N–H and O–H groups in total. The largest absolute Gasteiger partial charge is 0.378 e. The molecule has 1 fully saturated rings. The van der Waals surface area contributed by atoms with E-state index in [1.54, 1.807) is 11.3 Å². The normalized spacial score (nSPS) is 24.1. The molecular formula is C13H19N3OS. The Morgan fingerprint density at radius 3 is 3.39 bits per heavy atom. The molecule has 5 heteroatoms. The molecule has 2 aromatic rings. The van der Waals surface area contributed by atoms with E-state index in [9.17, 15) is 0 Å². The van der Waals surface area contributed by atoms with Gasteiger partial charge in [0.15, 0.2) is 4.96 Å². The molecule has 0 spiro atoms. The Balaban J connectivity index is 1.51. The highest BCUT2D eigenvalue weighted by molar-refractivity contribution is 7.15. The topological polar surface area (TPSA) is 38.6 Å². The van der Waals surface area contributed by atoms with E-state index < -0.39 is 0 Å². The Morgan fingerprint density at radius 1 is 1.61 bits per heavy atom. The van der Waals surface area contributed by atoms with Crippen molar-refractivity contribution in [2.45, 2.75) is 32.4 Å². The zero-order chi connectivity index (χ0) is 12.4. The third kappa shape index (κ3) is 2.43. The van der Waals surface area contributed by atoms with E-state index in [-0.39, 0.29) is 0 Å². The first kappa shape index (κ1) is 12.1. The van der Waals surface area contributed by atoms with Crippen molar-refractivity contribution in [1.82, 2.24) is 14.7 Å². The third-order valence-electron chi connectivity index (χ3n) is 3.60. The van der Waals surface area contributed by atoms with Crippen molar-refractivity contribution in [2.24, 2.45) is 5.92 Å². The van der Waals surface area contributed by atoms with Crippen molar-refractivity contribution in [3.05, 3.63) is 23.5 Å². The Hall–Kier alpha value is -0.910. The van der Waals surface area contributed by atoms with Gasteiger partial charge < -0.3 is 10.1 Å². The summed E-state index contributed by atoms with van der Waals surface area (Å²) in [6.07, 6.45) is 6.90. The smallest absolute Gasteiger partial charge is 0.193 e. The van der Waals surface area contributed by atoms with Gasteiger partial charge >= 0.3 is 0 Å². The Morgan fingerprint density at radius 2 is 2.56 bits per heavy atom. The summed E-state index contributed by atoms with van der Waals surface area (Å²) in [6.45, 7) is 5.00. The van der Waals surface area contributed by atoms with Crippen molar-refractivity contribution < 1.29 is 4.74 Å². The fourth-order valence-corrected chi connectivity index (χ4v) is 3.34. The zero-order valence-electron chi connectivity index (χ0n) is 10.6. The lowest BCUT2D eigenvalue weighted by molar-refractivity contribution is 0.0872. The Bertz CT molecular complexity index is 479. The number of nitrogens with one attached hydrogen (secondary N) is 1. The van der Waals surface area contributed by atoms with Crippen LogP contribution in [0, 0.1) is 5.92 Å². The van der Waals surface area contributed by atoms with Crippen LogP contribution in [-0.2, 0) is 11.3 Å². The van der Waals surface area contributed by atoms with E-state index in [1.807, 2.05) is 0 Å². The number of hydrogen-bond donors (Lipinski definition) is 1. The van der Waals surface area contributed by atoms with Gasteiger partial charge in [-0.2, -0.15) is 0 Å². The molecule has 0 aliphatic carbocycles. The fraction of sp³-hybridized carbons (Fsp3) is 0.615. The minimum atomic E-state index is 0.447. The first-order valence-corrected chi connectivity index (χ1v) is 7.48. The molecule has 3 rings (SSSR count). The van der Waals surface area contributed by atoms with Crippen LogP contribution in [0.15, 0.2) is 17.8 Å². The molecule has 2 atom stereocenters. The highest BCUT2D eigenvalue weighted by Gasteiger charge is 2.25. The Labute approximate surface area is 111 Å². The number of hydrogen-bond acceptors (Lipinski definition) is 4. The third-order valence-corrected chi connectivity index (χ3v) is 4.38. The van der Waals surface area contributed by atoms with E-state index in [2.05, 4.69) is 39.4 Å². The van der Waals surface area contributed by atoms with E-state index in [0.717, 1.165) is 36.8 Å². The molecule has 0 saturated carbocycles.